The zero-order valence-corrected chi connectivity index (χ0v) is 18.6. The molecule has 0 aliphatic heterocycles. The highest BCUT2D eigenvalue weighted by molar-refractivity contribution is 6.45. The molecule has 1 radical (unpaired) electrons. The average Bonchev–Trinajstić information content (AvgIpc) is 2.59. The molecule has 0 spiro atoms. The molecule has 2 unspecified atom stereocenters. The Labute approximate surface area is 168 Å². The zero-order chi connectivity index (χ0) is 20.8. The number of hydrogen-bond donors (Lipinski definition) is 0. The van der Waals surface area contributed by atoms with Crippen LogP contribution in [0.15, 0.2) is 70.6 Å². The van der Waals surface area contributed by atoms with E-state index in [2.05, 4.69) is 53.3 Å². The number of halogens is 1. The van der Waals surface area contributed by atoms with E-state index in [9.17, 15) is 0 Å². The maximum absolute atomic E-state index is 15.7. The van der Waals surface area contributed by atoms with Crippen LogP contribution >= 0.6 is 0 Å². The van der Waals surface area contributed by atoms with Crippen LogP contribution < -0.4 is 0 Å². The van der Waals surface area contributed by atoms with E-state index >= 15 is 4.39 Å². The van der Waals surface area contributed by atoms with Gasteiger partial charge in [0, 0.05) is 5.92 Å². The normalized spacial score (nSPS) is 21.6. The molecule has 0 nitrogen and oxygen atoms in total. The average molecular weight is 367 g/mol. The molecule has 0 fully saturated rings. The van der Waals surface area contributed by atoms with Crippen LogP contribution in [0.1, 0.15) is 61.3 Å². The van der Waals surface area contributed by atoms with Crippen molar-refractivity contribution in [1.29, 1.82) is 0 Å². The van der Waals surface area contributed by atoms with Gasteiger partial charge < -0.3 is 0 Å². The lowest BCUT2D eigenvalue weighted by molar-refractivity contribution is 0.200. The Hall–Kier alpha value is -1.57. The highest BCUT2D eigenvalue weighted by Gasteiger charge is 2.41. The van der Waals surface area contributed by atoms with E-state index in [1.54, 1.807) is 0 Å². The summed E-state index contributed by atoms with van der Waals surface area (Å²) in [6.45, 7) is 21.2. The van der Waals surface area contributed by atoms with E-state index < -0.39 is 0 Å². The van der Waals surface area contributed by atoms with E-state index in [0.717, 1.165) is 40.6 Å². The summed E-state index contributed by atoms with van der Waals surface area (Å²) in [5.41, 5.74) is 4.39. The summed E-state index contributed by atoms with van der Waals surface area (Å²) in [5.74, 6) is 0.366. The standard InChI is InChI=1S/C25H37BF/c1-10-12-14-25(8,17(3)4)21-16-20(7)23(26-9)24(27)22(21)19(6)15-18(5)13-11-2/h11-15,17,21H,6,10,16H2,1-5,7-9H3/b13-11-,14-12?,18-15-. The predicted molar refractivity (Wildman–Crippen MR) is 121 cm³/mol. The molecule has 0 heterocycles. The second-order valence-corrected chi connectivity index (χ2v) is 8.21. The van der Waals surface area contributed by atoms with Crippen molar-refractivity contribution in [2.45, 2.75) is 68.1 Å². The molecule has 1 aliphatic carbocycles. The highest BCUT2D eigenvalue weighted by Crippen LogP contribution is 2.51. The molecular weight excluding hydrogens is 330 g/mol. The van der Waals surface area contributed by atoms with Gasteiger partial charge in [0.2, 0.25) is 0 Å². The Kier molecular flexibility index (Phi) is 8.79. The summed E-state index contributed by atoms with van der Waals surface area (Å²) in [6, 6.07) is 0. The number of hydrogen-bond acceptors (Lipinski definition) is 0. The summed E-state index contributed by atoms with van der Waals surface area (Å²) < 4.78 is 15.7. The van der Waals surface area contributed by atoms with E-state index in [1.807, 2.05) is 46.2 Å². The van der Waals surface area contributed by atoms with Gasteiger partial charge in [0.25, 0.3) is 0 Å². The second-order valence-electron chi connectivity index (χ2n) is 8.21. The molecule has 0 saturated carbocycles. The van der Waals surface area contributed by atoms with Crippen LogP contribution in [0, 0.1) is 17.3 Å². The van der Waals surface area contributed by atoms with Gasteiger partial charge in [-0.05, 0) is 56.1 Å². The highest BCUT2D eigenvalue weighted by atomic mass is 19.1. The van der Waals surface area contributed by atoms with Crippen molar-refractivity contribution in [3.8, 4) is 0 Å². The molecule has 2 heteroatoms. The Morgan fingerprint density at radius 3 is 2.52 bits per heavy atom. The molecule has 147 valence electrons. The molecule has 0 aromatic carbocycles. The van der Waals surface area contributed by atoms with Crippen molar-refractivity contribution in [2.75, 3.05) is 0 Å². The van der Waals surface area contributed by atoms with Crippen LogP contribution in [-0.4, -0.2) is 7.28 Å². The quantitative estimate of drug-likeness (QED) is 0.232. The molecule has 1 aliphatic rings. The van der Waals surface area contributed by atoms with Crippen molar-refractivity contribution >= 4 is 7.28 Å². The SMILES string of the molecule is C=C(/C=C(C)\C=C/C)C1=C(F)C([B]C)=C(C)CC1C(C)(C=CCC)C(C)C. The molecule has 0 saturated heterocycles. The van der Waals surface area contributed by atoms with Gasteiger partial charge in [0.05, 0.1) is 0 Å². The molecule has 2 atom stereocenters. The van der Waals surface area contributed by atoms with Gasteiger partial charge in [-0.2, -0.15) is 0 Å². The third-order valence-electron chi connectivity index (χ3n) is 5.97. The van der Waals surface area contributed by atoms with Crippen molar-refractivity contribution in [3.05, 3.63) is 70.6 Å². The minimum Gasteiger partial charge on any atom is -0.207 e. The first-order valence-corrected chi connectivity index (χ1v) is 10.2. The van der Waals surface area contributed by atoms with E-state index in [4.69, 9.17) is 0 Å². The number of allylic oxidation sites excluding steroid dienone is 11. The summed E-state index contributed by atoms with van der Waals surface area (Å²) >= 11 is 0. The smallest absolute Gasteiger partial charge is 0.152 e. The lowest BCUT2D eigenvalue weighted by Gasteiger charge is -2.43. The molecule has 0 aromatic rings. The third-order valence-corrected chi connectivity index (χ3v) is 5.97. The fraction of sp³-hybridized carbons (Fsp3) is 0.520. The fourth-order valence-corrected chi connectivity index (χ4v) is 4.02. The van der Waals surface area contributed by atoms with Crippen molar-refractivity contribution in [2.24, 2.45) is 17.3 Å². The van der Waals surface area contributed by atoms with Crippen LogP contribution in [0.5, 0.6) is 0 Å². The zero-order valence-electron chi connectivity index (χ0n) is 18.6. The van der Waals surface area contributed by atoms with Crippen molar-refractivity contribution < 1.29 is 4.39 Å². The molecule has 0 bridgehead atoms. The van der Waals surface area contributed by atoms with Crippen molar-refractivity contribution in [3.63, 3.8) is 0 Å². The molecule has 1 rings (SSSR count). The molecule has 0 N–H and O–H groups in total. The van der Waals surface area contributed by atoms with Gasteiger partial charge in [-0.3, -0.25) is 0 Å². The van der Waals surface area contributed by atoms with Crippen LogP contribution in [0.4, 0.5) is 4.39 Å². The van der Waals surface area contributed by atoms with Crippen LogP contribution in [0.2, 0.25) is 6.82 Å². The minimum absolute atomic E-state index is 0.0751. The van der Waals surface area contributed by atoms with Crippen LogP contribution in [-0.2, 0) is 0 Å². The monoisotopic (exact) mass is 367 g/mol. The molecule has 27 heavy (non-hydrogen) atoms. The summed E-state index contributed by atoms with van der Waals surface area (Å²) in [7, 11) is 1.89. The first-order valence-electron chi connectivity index (χ1n) is 10.2. The van der Waals surface area contributed by atoms with Gasteiger partial charge in [0.15, 0.2) is 7.28 Å². The summed E-state index contributed by atoms with van der Waals surface area (Å²) in [6.07, 6.45) is 12.4. The largest absolute Gasteiger partial charge is 0.207 e. The first-order chi connectivity index (χ1) is 12.6. The van der Waals surface area contributed by atoms with Crippen molar-refractivity contribution in [1.82, 2.24) is 0 Å². The van der Waals surface area contributed by atoms with Gasteiger partial charge in [-0.1, -0.05) is 88.1 Å². The maximum atomic E-state index is 15.7. The maximum Gasteiger partial charge on any atom is 0.152 e. The van der Waals surface area contributed by atoms with Gasteiger partial charge in [-0.15, -0.1) is 0 Å². The number of rotatable bonds is 8. The van der Waals surface area contributed by atoms with E-state index in [-0.39, 0.29) is 17.2 Å². The van der Waals surface area contributed by atoms with E-state index in [0.29, 0.717) is 5.92 Å². The molecule has 0 amide bonds. The Bertz CT molecular complexity index is 700. The Morgan fingerprint density at radius 2 is 2.04 bits per heavy atom. The lowest BCUT2D eigenvalue weighted by atomic mass is 9.57. The second kappa shape index (κ2) is 10.1. The van der Waals surface area contributed by atoms with Gasteiger partial charge in [-0.25, -0.2) is 4.39 Å². The molecular formula is C25H37BF. The fourth-order valence-electron chi connectivity index (χ4n) is 4.02. The lowest BCUT2D eigenvalue weighted by Crippen LogP contribution is -2.35. The van der Waals surface area contributed by atoms with Gasteiger partial charge >= 0.3 is 0 Å². The van der Waals surface area contributed by atoms with E-state index in [1.165, 1.54) is 0 Å². The molecule has 0 aromatic heterocycles. The van der Waals surface area contributed by atoms with Gasteiger partial charge in [0.1, 0.15) is 5.83 Å². The third kappa shape index (κ3) is 5.24. The minimum atomic E-state index is -0.130. The van der Waals surface area contributed by atoms with Crippen LogP contribution in [0.3, 0.4) is 0 Å². The Morgan fingerprint density at radius 1 is 1.41 bits per heavy atom. The summed E-state index contributed by atoms with van der Waals surface area (Å²) in [4.78, 5) is 0. The van der Waals surface area contributed by atoms with Crippen LogP contribution in [0.25, 0.3) is 0 Å². The predicted octanol–water partition coefficient (Wildman–Crippen LogP) is 7.96. The first kappa shape index (κ1) is 23.5. The topological polar surface area (TPSA) is 0 Å². The summed E-state index contributed by atoms with van der Waals surface area (Å²) in [5, 5.41) is 0. The Balaban J connectivity index is 3.63.